The SMILES string of the molecule is Cc1ccc(Cc2nnc(NC(=O)CCS(=O)(=O)c3ccc(Cl)cc3)o2)cc1C. The Balaban J connectivity index is 1.56. The highest BCUT2D eigenvalue weighted by molar-refractivity contribution is 7.91. The van der Waals surface area contributed by atoms with Gasteiger partial charge in [-0.15, -0.1) is 5.10 Å². The molecule has 0 saturated carbocycles. The largest absolute Gasteiger partial charge is 0.407 e. The Morgan fingerprint density at radius 2 is 1.79 bits per heavy atom. The van der Waals surface area contributed by atoms with E-state index in [-0.39, 0.29) is 23.1 Å². The van der Waals surface area contributed by atoms with Gasteiger partial charge >= 0.3 is 6.01 Å². The summed E-state index contributed by atoms with van der Waals surface area (Å²) < 4.78 is 30.0. The van der Waals surface area contributed by atoms with E-state index in [4.69, 9.17) is 16.0 Å². The Bertz CT molecular complexity index is 1120. The van der Waals surface area contributed by atoms with E-state index in [0.717, 1.165) is 11.1 Å². The summed E-state index contributed by atoms with van der Waals surface area (Å²) in [5, 5.41) is 10.6. The molecule has 0 unspecified atom stereocenters. The van der Waals surface area contributed by atoms with Crippen LogP contribution < -0.4 is 5.32 Å². The number of nitrogens with one attached hydrogen (secondary N) is 1. The number of anilines is 1. The van der Waals surface area contributed by atoms with Gasteiger partial charge < -0.3 is 4.42 Å². The second-order valence-corrected chi connectivity index (χ2v) is 9.21. The maximum atomic E-state index is 12.3. The van der Waals surface area contributed by atoms with Crippen molar-refractivity contribution in [1.29, 1.82) is 0 Å². The van der Waals surface area contributed by atoms with E-state index in [2.05, 4.69) is 15.5 Å². The molecular weight excluding hydrogens is 414 g/mol. The normalized spacial score (nSPS) is 11.4. The maximum absolute atomic E-state index is 12.3. The number of nitrogens with zero attached hydrogens (tertiary/aromatic N) is 2. The van der Waals surface area contributed by atoms with Crippen LogP contribution in [0.5, 0.6) is 0 Å². The Kier molecular flexibility index (Phi) is 6.34. The van der Waals surface area contributed by atoms with E-state index in [1.807, 2.05) is 32.0 Å². The number of amides is 1. The minimum atomic E-state index is -3.59. The summed E-state index contributed by atoms with van der Waals surface area (Å²) in [6.07, 6.45) is 0.203. The van der Waals surface area contributed by atoms with Crippen LogP contribution in [0.25, 0.3) is 0 Å². The van der Waals surface area contributed by atoms with Crippen LogP contribution in [0.4, 0.5) is 6.01 Å². The highest BCUT2D eigenvalue weighted by Crippen LogP contribution is 2.17. The average molecular weight is 434 g/mol. The molecule has 0 radical (unpaired) electrons. The van der Waals surface area contributed by atoms with Crippen LogP contribution in [0.3, 0.4) is 0 Å². The molecule has 0 bridgehead atoms. The standard InChI is InChI=1S/C20H20ClN3O4S/c1-13-3-4-15(11-14(13)2)12-19-23-24-20(28-19)22-18(25)9-10-29(26,27)17-7-5-16(21)6-8-17/h3-8,11H,9-10,12H2,1-2H3,(H,22,24,25). The summed E-state index contributed by atoms with van der Waals surface area (Å²) in [4.78, 5) is 12.2. The van der Waals surface area contributed by atoms with Crippen LogP contribution in [0.2, 0.25) is 5.02 Å². The molecule has 0 aliphatic carbocycles. The fourth-order valence-electron chi connectivity index (χ4n) is 2.63. The molecular formula is C20H20ClN3O4S. The monoisotopic (exact) mass is 433 g/mol. The smallest absolute Gasteiger partial charge is 0.322 e. The third kappa shape index (κ3) is 5.65. The number of aromatic nitrogens is 2. The summed E-state index contributed by atoms with van der Waals surface area (Å²) in [5.74, 6) is -0.509. The topological polar surface area (TPSA) is 102 Å². The van der Waals surface area contributed by atoms with Gasteiger partial charge in [-0.1, -0.05) is 34.9 Å². The van der Waals surface area contributed by atoms with E-state index in [1.165, 1.54) is 29.8 Å². The first-order chi connectivity index (χ1) is 13.7. The van der Waals surface area contributed by atoms with Gasteiger partial charge in [0.15, 0.2) is 9.84 Å². The van der Waals surface area contributed by atoms with E-state index in [0.29, 0.717) is 17.3 Å². The van der Waals surface area contributed by atoms with Gasteiger partial charge in [0.25, 0.3) is 0 Å². The highest BCUT2D eigenvalue weighted by Gasteiger charge is 2.18. The predicted molar refractivity (Wildman–Crippen MR) is 110 cm³/mol. The van der Waals surface area contributed by atoms with Crippen LogP contribution in [0.1, 0.15) is 29.0 Å². The zero-order valence-electron chi connectivity index (χ0n) is 16.0. The molecule has 152 valence electrons. The van der Waals surface area contributed by atoms with Gasteiger partial charge in [0.2, 0.25) is 11.8 Å². The van der Waals surface area contributed by atoms with E-state index in [1.54, 1.807) is 0 Å². The first kappa shape index (κ1) is 21.0. The molecule has 7 nitrogen and oxygen atoms in total. The summed E-state index contributed by atoms with van der Waals surface area (Å²) in [6, 6.07) is 11.8. The van der Waals surface area contributed by atoms with Crippen molar-refractivity contribution in [3.05, 3.63) is 70.1 Å². The van der Waals surface area contributed by atoms with Crippen LogP contribution in [0.15, 0.2) is 51.8 Å². The molecule has 2 aromatic carbocycles. The second-order valence-electron chi connectivity index (χ2n) is 6.67. The fraction of sp³-hybridized carbons (Fsp3) is 0.250. The number of carbonyl (C=O) groups excluding carboxylic acids is 1. The third-order valence-electron chi connectivity index (χ3n) is 4.41. The minimum absolute atomic E-state index is 0.0577. The molecule has 0 fully saturated rings. The van der Waals surface area contributed by atoms with E-state index in [9.17, 15) is 13.2 Å². The van der Waals surface area contributed by atoms with Crippen molar-refractivity contribution in [3.8, 4) is 0 Å². The summed E-state index contributed by atoms with van der Waals surface area (Å²) in [5.41, 5.74) is 3.38. The quantitative estimate of drug-likeness (QED) is 0.609. The van der Waals surface area contributed by atoms with E-state index >= 15 is 0 Å². The first-order valence-electron chi connectivity index (χ1n) is 8.89. The zero-order chi connectivity index (χ0) is 21.0. The molecule has 1 amide bonds. The van der Waals surface area contributed by atoms with Crippen LogP contribution in [-0.4, -0.2) is 30.3 Å². The van der Waals surface area contributed by atoms with Gasteiger partial charge in [-0.2, -0.15) is 0 Å². The predicted octanol–water partition coefficient (Wildman–Crippen LogP) is 3.73. The second kappa shape index (κ2) is 8.75. The highest BCUT2D eigenvalue weighted by atomic mass is 35.5. The molecule has 0 atom stereocenters. The van der Waals surface area contributed by atoms with Gasteiger partial charge in [0.1, 0.15) is 0 Å². The van der Waals surface area contributed by atoms with Crippen molar-refractivity contribution in [2.75, 3.05) is 11.1 Å². The molecule has 1 N–H and O–H groups in total. The fourth-order valence-corrected chi connectivity index (χ4v) is 4.00. The number of hydrogen-bond acceptors (Lipinski definition) is 6. The lowest BCUT2D eigenvalue weighted by molar-refractivity contribution is -0.116. The van der Waals surface area contributed by atoms with Gasteiger partial charge in [-0.05, 0) is 54.8 Å². The number of halogens is 1. The van der Waals surface area contributed by atoms with E-state index < -0.39 is 15.7 Å². The molecule has 0 aliphatic heterocycles. The van der Waals surface area contributed by atoms with Crippen LogP contribution in [0, 0.1) is 13.8 Å². The van der Waals surface area contributed by atoms with Crippen molar-refractivity contribution in [2.24, 2.45) is 0 Å². The molecule has 0 spiro atoms. The van der Waals surface area contributed by atoms with Gasteiger partial charge in [0.05, 0.1) is 17.1 Å². The molecule has 1 aromatic heterocycles. The number of benzene rings is 2. The van der Waals surface area contributed by atoms with Crippen molar-refractivity contribution < 1.29 is 17.6 Å². The number of aryl methyl sites for hydroxylation is 2. The van der Waals surface area contributed by atoms with Crippen molar-refractivity contribution in [1.82, 2.24) is 10.2 Å². The lowest BCUT2D eigenvalue weighted by Crippen LogP contribution is -2.17. The first-order valence-corrected chi connectivity index (χ1v) is 10.9. The van der Waals surface area contributed by atoms with Gasteiger partial charge in [-0.25, -0.2) is 8.42 Å². The number of carbonyl (C=O) groups is 1. The molecule has 0 saturated heterocycles. The summed E-state index contributed by atoms with van der Waals surface area (Å²) in [7, 11) is -3.59. The zero-order valence-corrected chi connectivity index (χ0v) is 17.5. The molecule has 9 heteroatoms. The molecule has 3 rings (SSSR count). The Morgan fingerprint density at radius 1 is 1.07 bits per heavy atom. The Morgan fingerprint density at radius 3 is 2.48 bits per heavy atom. The average Bonchev–Trinajstić information content (AvgIpc) is 3.10. The number of sulfone groups is 1. The van der Waals surface area contributed by atoms with Crippen molar-refractivity contribution >= 4 is 33.4 Å². The third-order valence-corrected chi connectivity index (χ3v) is 6.39. The summed E-state index contributed by atoms with van der Waals surface area (Å²) in [6.45, 7) is 4.06. The molecule has 3 aromatic rings. The van der Waals surface area contributed by atoms with Crippen LogP contribution in [-0.2, 0) is 21.1 Å². The van der Waals surface area contributed by atoms with Crippen molar-refractivity contribution in [2.45, 2.75) is 31.6 Å². The number of rotatable bonds is 7. The maximum Gasteiger partial charge on any atom is 0.322 e. The lowest BCUT2D eigenvalue weighted by Gasteiger charge is -2.04. The summed E-state index contributed by atoms with van der Waals surface area (Å²) >= 11 is 5.76. The van der Waals surface area contributed by atoms with Gasteiger partial charge in [-0.3, -0.25) is 10.1 Å². The molecule has 29 heavy (non-hydrogen) atoms. The van der Waals surface area contributed by atoms with Crippen molar-refractivity contribution in [3.63, 3.8) is 0 Å². The van der Waals surface area contributed by atoms with Gasteiger partial charge in [0, 0.05) is 11.4 Å². The molecule has 1 heterocycles. The molecule has 0 aliphatic rings. The Labute approximate surface area is 174 Å². The lowest BCUT2D eigenvalue weighted by atomic mass is 10.0. The Hall–Kier alpha value is -2.71. The van der Waals surface area contributed by atoms with Crippen LogP contribution >= 0.6 is 11.6 Å². The number of hydrogen-bond donors (Lipinski definition) is 1. The minimum Gasteiger partial charge on any atom is -0.407 e.